The maximum absolute atomic E-state index is 13.0. The number of carbonyl (C=O) groups is 3. The first-order valence-corrected chi connectivity index (χ1v) is 15.6. The molecule has 0 spiro atoms. The number of benzene rings is 2. The summed E-state index contributed by atoms with van der Waals surface area (Å²) in [6.07, 6.45) is 1.38. The molecule has 0 aliphatic carbocycles. The Balaban J connectivity index is 0.000000514. The van der Waals surface area contributed by atoms with Crippen molar-refractivity contribution in [1.29, 1.82) is 5.41 Å². The first-order valence-electron chi connectivity index (χ1n) is 14.2. The Hall–Kier alpha value is -4.17. The Morgan fingerprint density at radius 3 is 2.32 bits per heavy atom. The molecule has 13 nitrogen and oxygen atoms in total. The number of hydrogen-bond acceptors (Lipinski definition) is 8. The molecule has 1 heterocycles. The van der Waals surface area contributed by atoms with Gasteiger partial charge in [0.05, 0.1) is 4.90 Å². The fourth-order valence-corrected chi connectivity index (χ4v) is 4.64. The van der Waals surface area contributed by atoms with Crippen molar-refractivity contribution in [3.8, 4) is 0 Å². The monoisotopic (exact) mass is 633 g/mol. The van der Waals surface area contributed by atoms with Crippen LogP contribution >= 0.6 is 0 Å². The van der Waals surface area contributed by atoms with Crippen LogP contribution < -0.4 is 16.4 Å². The predicted octanol–water partition coefficient (Wildman–Crippen LogP) is 3.12. The Morgan fingerprint density at radius 1 is 1.11 bits per heavy atom. The highest BCUT2D eigenvalue weighted by Crippen LogP contribution is 2.21. The number of amides is 2. The lowest BCUT2D eigenvalue weighted by Gasteiger charge is -2.29. The van der Waals surface area contributed by atoms with E-state index >= 15 is 0 Å². The first-order chi connectivity index (χ1) is 20.6. The Labute approximate surface area is 258 Å². The van der Waals surface area contributed by atoms with E-state index in [1.165, 1.54) is 17.0 Å². The van der Waals surface area contributed by atoms with Crippen molar-refractivity contribution < 1.29 is 36.8 Å². The van der Waals surface area contributed by atoms with Crippen molar-refractivity contribution in [3.05, 3.63) is 65.7 Å². The maximum Gasteiger partial charge on any atom is 0.410 e. The molecular weight excluding hydrogens is 590 g/mol. The van der Waals surface area contributed by atoms with Crippen molar-refractivity contribution in [3.63, 3.8) is 0 Å². The van der Waals surface area contributed by atoms with Crippen LogP contribution in [0.3, 0.4) is 0 Å². The van der Waals surface area contributed by atoms with Gasteiger partial charge in [0.15, 0.2) is 5.96 Å². The van der Waals surface area contributed by atoms with E-state index in [-0.39, 0.29) is 17.5 Å². The number of carbonyl (C=O) groups excluding carboxylic acids is 3. The molecule has 14 heteroatoms. The molecule has 242 valence electrons. The molecule has 0 aromatic heterocycles. The average Bonchev–Trinajstić information content (AvgIpc) is 3.44. The second-order valence-corrected chi connectivity index (χ2v) is 12.7. The van der Waals surface area contributed by atoms with Gasteiger partial charge in [0.1, 0.15) is 24.3 Å². The van der Waals surface area contributed by atoms with E-state index in [2.05, 4.69) is 10.6 Å². The summed E-state index contributed by atoms with van der Waals surface area (Å²) in [6, 6.07) is 13.6. The lowest BCUT2D eigenvalue weighted by Crippen LogP contribution is -2.52. The number of nitrogens with one attached hydrogen (secondary N) is 3. The van der Waals surface area contributed by atoms with E-state index in [0.29, 0.717) is 38.8 Å². The summed E-state index contributed by atoms with van der Waals surface area (Å²) >= 11 is 0. The highest BCUT2D eigenvalue weighted by atomic mass is 32.2. The molecule has 1 fully saturated rings. The van der Waals surface area contributed by atoms with Crippen molar-refractivity contribution in [1.82, 2.24) is 15.5 Å². The van der Waals surface area contributed by atoms with Gasteiger partial charge in [-0.3, -0.25) is 19.7 Å². The molecule has 2 aromatic carbocycles. The van der Waals surface area contributed by atoms with Crippen molar-refractivity contribution in [2.75, 3.05) is 13.1 Å². The van der Waals surface area contributed by atoms with Crippen LogP contribution in [-0.2, 0) is 35.8 Å². The molecule has 3 rings (SSSR count). The molecule has 2 atom stereocenters. The molecule has 0 radical (unpaired) electrons. The van der Waals surface area contributed by atoms with Crippen LogP contribution in [0, 0.1) is 12.3 Å². The summed E-state index contributed by atoms with van der Waals surface area (Å²) in [5.41, 5.74) is 6.41. The number of ether oxygens (including phenoxy) is 2. The molecular formula is C30H43N5O8S. The molecule has 1 aliphatic rings. The normalized spacial score (nSPS) is 15.3. The van der Waals surface area contributed by atoms with E-state index in [4.69, 9.17) is 25.2 Å². The molecule has 1 saturated heterocycles. The minimum Gasteiger partial charge on any atom is -0.459 e. The first kappa shape index (κ1) is 36.0. The quantitative estimate of drug-likeness (QED) is 0.0851. The largest absolute Gasteiger partial charge is 0.459 e. The fraction of sp³-hybridized carbons (Fsp3) is 0.467. The zero-order valence-electron chi connectivity index (χ0n) is 25.5. The Bertz CT molecular complexity index is 1360. The second-order valence-electron chi connectivity index (χ2n) is 11.3. The lowest BCUT2D eigenvalue weighted by molar-refractivity contribution is -0.149. The van der Waals surface area contributed by atoms with Crippen molar-refractivity contribution >= 4 is 34.0 Å². The number of hydrogen-bond donors (Lipinski definition) is 5. The third-order valence-electron chi connectivity index (χ3n) is 6.31. The standard InChI is InChI=1S/C23H35N5O5.C7H8O3S/c1-23(2,3)33-22(31)28-14-8-12-18(28)19(29)27-17(11-7-13-26-21(24)25)20(30)32-15-16-9-5-4-6-10-16;1-6-2-4-7(5-3-6)11(8,9)10/h4-6,9-10,17-18H,7-8,11-15H2,1-3H3,(H,27,29)(H4,24,25,26);2-5H,1H3,(H,8,9,10)/t17-,18-;/m0./s1. The van der Waals surface area contributed by atoms with E-state index < -0.39 is 45.8 Å². The summed E-state index contributed by atoms with van der Waals surface area (Å²) in [4.78, 5) is 39.6. The van der Waals surface area contributed by atoms with Crippen molar-refractivity contribution in [2.45, 2.75) is 82.6 Å². The molecule has 0 unspecified atom stereocenters. The zero-order chi connectivity index (χ0) is 32.9. The smallest absolute Gasteiger partial charge is 0.410 e. The third kappa shape index (κ3) is 13.0. The number of nitrogens with two attached hydrogens (primary N) is 1. The molecule has 44 heavy (non-hydrogen) atoms. The third-order valence-corrected chi connectivity index (χ3v) is 7.18. The van der Waals surface area contributed by atoms with Gasteiger partial charge >= 0.3 is 12.1 Å². The molecule has 0 bridgehead atoms. The van der Waals surface area contributed by atoms with Gasteiger partial charge < -0.3 is 25.8 Å². The maximum atomic E-state index is 13.0. The topological polar surface area (TPSA) is 201 Å². The molecule has 2 amide bonds. The predicted molar refractivity (Wildman–Crippen MR) is 164 cm³/mol. The van der Waals surface area contributed by atoms with Crippen LogP contribution in [0.4, 0.5) is 4.79 Å². The van der Waals surface area contributed by atoms with Gasteiger partial charge in [-0.25, -0.2) is 9.59 Å². The van der Waals surface area contributed by atoms with Gasteiger partial charge in [0, 0.05) is 13.1 Å². The van der Waals surface area contributed by atoms with E-state index in [1.807, 2.05) is 37.3 Å². The summed E-state index contributed by atoms with van der Waals surface area (Å²) < 4.78 is 40.4. The van der Waals surface area contributed by atoms with E-state index in [9.17, 15) is 22.8 Å². The molecule has 6 N–H and O–H groups in total. The summed E-state index contributed by atoms with van der Waals surface area (Å²) in [7, 11) is -4.02. The summed E-state index contributed by atoms with van der Waals surface area (Å²) in [5, 5.41) is 12.7. The molecule has 0 saturated carbocycles. The van der Waals surface area contributed by atoms with E-state index in [0.717, 1.165) is 11.1 Å². The van der Waals surface area contributed by atoms with E-state index in [1.54, 1.807) is 32.9 Å². The van der Waals surface area contributed by atoms with Gasteiger partial charge in [-0.2, -0.15) is 8.42 Å². The number of aryl methyl sites for hydroxylation is 1. The fourth-order valence-electron chi connectivity index (χ4n) is 4.16. The highest BCUT2D eigenvalue weighted by molar-refractivity contribution is 7.85. The number of nitrogens with zero attached hydrogens (tertiary/aromatic N) is 1. The zero-order valence-corrected chi connectivity index (χ0v) is 26.4. The molecule has 1 aliphatic heterocycles. The van der Waals surface area contributed by atoms with Gasteiger partial charge in [0.25, 0.3) is 10.1 Å². The average molecular weight is 634 g/mol. The Morgan fingerprint density at radius 2 is 1.75 bits per heavy atom. The Kier molecular flexibility index (Phi) is 13.6. The number of esters is 1. The number of guanidine groups is 1. The highest BCUT2D eigenvalue weighted by Gasteiger charge is 2.38. The van der Waals surface area contributed by atoms with Gasteiger partial charge in [-0.05, 0) is 71.1 Å². The number of likely N-dealkylation sites (tertiary alicyclic amines) is 1. The minimum absolute atomic E-state index is 0.0666. The van der Waals surface area contributed by atoms with Crippen LogP contribution in [0.5, 0.6) is 0 Å². The SMILES string of the molecule is CC(C)(C)OC(=O)N1CCC[C@H]1C(=O)N[C@@H](CCCNC(=N)N)C(=O)OCc1ccccc1.Cc1ccc(S(=O)(=O)O)cc1. The van der Waals surface area contributed by atoms with Crippen LogP contribution in [0.25, 0.3) is 0 Å². The van der Waals surface area contributed by atoms with Crippen LogP contribution in [0.2, 0.25) is 0 Å². The van der Waals surface area contributed by atoms with Crippen molar-refractivity contribution in [2.24, 2.45) is 5.73 Å². The van der Waals surface area contributed by atoms with Crippen LogP contribution in [-0.4, -0.2) is 72.6 Å². The van der Waals surface area contributed by atoms with Gasteiger partial charge in [-0.15, -0.1) is 0 Å². The summed E-state index contributed by atoms with van der Waals surface area (Å²) in [5.74, 6) is -1.14. The van der Waals surface area contributed by atoms with Crippen LogP contribution in [0.1, 0.15) is 57.6 Å². The van der Waals surface area contributed by atoms with Gasteiger partial charge in [0.2, 0.25) is 5.91 Å². The summed E-state index contributed by atoms with van der Waals surface area (Å²) in [6.45, 7) is 8.02. The minimum atomic E-state index is -4.02. The second kappa shape index (κ2) is 16.6. The molecule has 2 aromatic rings. The van der Waals surface area contributed by atoms with Gasteiger partial charge in [-0.1, -0.05) is 48.0 Å². The lowest BCUT2D eigenvalue weighted by atomic mass is 10.1. The van der Waals surface area contributed by atoms with Crippen LogP contribution in [0.15, 0.2) is 59.5 Å². The number of rotatable bonds is 10.